The Labute approximate surface area is 158 Å². The molecule has 0 aliphatic rings. The van der Waals surface area contributed by atoms with Crippen LogP contribution >= 0.6 is 0 Å². The maximum Gasteiger partial charge on any atom is 0.349 e. The number of carbonyl (C=O) groups excluding carboxylic acids is 2. The number of hydrogen-bond donors (Lipinski definition) is 1. The molecule has 0 saturated heterocycles. The van der Waals surface area contributed by atoms with Crippen molar-refractivity contribution in [2.75, 3.05) is 13.7 Å². The molecular weight excluding hydrogens is 344 g/mol. The van der Waals surface area contributed by atoms with Crippen molar-refractivity contribution in [2.24, 2.45) is 0 Å². The fraction of sp³-hybridized carbons (Fsp3) is 0.190. The summed E-state index contributed by atoms with van der Waals surface area (Å²) in [4.78, 5) is 24.0. The van der Waals surface area contributed by atoms with Gasteiger partial charge in [-0.2, -0.15) is 5.26 Å². The molecule has 2 rings (SSSR count). The predicted molar refractivity (Wildman–Crippen MR) is 101 cm³/mol. The van der Waals surface area contributed by atoms with Crippen LogP contribution in [0.1, 0.15) is 24.1 Å². The standard InChI is InChI=1S/C21H20N2O4/c1-15(17-8-4-3-5-9-17)23-20(24)14-27-21(25)18(13-22)11-16-7-6-10-19(12-16)26-2/h3-12,15H,14H2,1-2H3,(H,23,24)/b18-11+/t15-/m0/s1. The molecule has 0 saturated carbocycles. The molecule has 1 atom stereocenters. The quantitative estimate of drug-likeness (QED) is 0.463. The Morgan fingerprint density at radius 1 is 1.19 bits per heavy atom. The molecule has 0 heterocycles. The molecule has 0 bridgehead atoms. The van der Waals surface area contributed by atoms with Crippen molar-refractivity contribution in [1.29, 1.82) is 5.26 Å². The topological polar surface area (TPSA) is 88.4 Å². The summed E-state index contributed by atoms with van der Waals surface area (Å²) in [5.74, 6) is -0.704. The third-order valence-electron chi connectivity index (χ3n) is 3.76. The highest BCUT2D eigenvalue weighted by atomic mass is 16.5. The van der Waals surface area contributed by atoms with E-state index in [2.05, 4.69) is 5.32 Å². The summed E-state index contributed by atoms with van der Waals surface area (Å²) in [5, 5.41) is 11.9. The van der Waals surface area contributed by atoms with Gasteiger partial charge in [0.05, 0.1) is 13.2 Å². The number of carbonyl (C=O) groups is 2. The molecule has 6 nitrogen and oxygen atoms in total. The van der Waals surface area contributed by atoms with Crippen molar-refractivity contribution in [1.82, 2.24) is 5.32 Å². The third-order valence-corrected chi connectivity index (χ3v) is 3.76. The Morgan fingerprint density at radius 3 is 2.59 bits per heavy atom. The molecule has 1 amide bonds. The SMILES string of the molecule is COc1cccc(/C=C(\C#N)C(=O)OCC(=O)N[C@@H](C)c2ccccc2)c1. The highest BCUT2D eigenvalue weighted by Crippen LogP contribution is 2.16. The number of nitriles is 1. The fourth-order valence-corrected chi connectivity index (χ4v) is 2.35. The van der Waals surface area contributed by atoms with E-state index in [4.69, 9.17) is 9.47 Å². The Morgan fingerprint density at radius 2 is 1.93 bits per heavy atom. The molecule has 138 valence electrons. The van der Waals surface area contributed by atoms with Gasteiger partial charge in [0, 0.05) is 0 Å². The van der Waals surface area contributed by atoms with Gasteiger partial charge >= 0.3 is 5.97 Å². The van der Waals surface area contributed by atoms with Crippen LogP contribution in [0.15, 0.2) is 60.2 Å². The molecule has 0 fully saturated rings. The molecule has 27 heavy (non-hydrogen) atoms. The number of benzene rings is 2. The van der Waals surface area contributed by atoms with Gasteiger partial charge < -0.3 is 14.8 Å². The average molecular weight is 364 g/mol. The summed E-state index contributed by atoms with van der Waals surface area (Å²) in [6, 6.07) is 17.9. The molecule has 0 aromatic heterocycles. The second-order valence-corrected chi connectivity index (χ2v) is 5.72. The van der Waals surface area contributed by atoms with Crippen LogP contribution in [-0.4, -0.2) is 25.6 Å². The Bertz CT molecular complexity index is 869. The second-order valence-electron chi connectivity index (χ2n) is 5.72. The van der Waals surface area contributed by atoms with Gasteiger partial charge in [0.2, 0.25) is 0 Å². The van der Waals surface area contributed by atoms with Gasteiger partial charge in [0.25, 0.3) is 5.91 Å². The van der Waals surface area contributed by atoms with Crippen LogP contribution in [0, 0.1) is 11.3 Å². The first-order valence-corrected chi connectivity index (χ1v) is 8.30. The molecule has 0 aliphatic heterocycles. The number of ether oxygens (including phenoxy) is 2. The number of nitrogens with one attached hydrogen (secondary N) is 1. The first-order chi connectivity index (χ1) is 13.0. The Balaban J connectivity index is 1.93. The highest BCUT2D eigenvalue weighted by Gasteiger charge is 2.15. The summed E-state index contributed by atoms with van der Waals surface area (Å²) >= 11 is 0. The van der Waals surface area contributed by atoms with Gasteiger partial charge in [0.1, 0.15) is 17.4 Å². The van der Waals surface area contributed by atoms with Crippen LogP contribution in [0.2, 0.25) is 0 Å². The lowest BCUT2D eigenvalue weighted by Gasteiger charge is -2.14. The van der Waals surface area contributed by atoms with Crippen LogP contribution in [0.3, 0.4) is 0 Å². The lowest BCUT2D eigenvalue weighted by Crippen LogP contribution is -2.31. The number of amides is 1. The lowest BCUT2D eigenvalue weighted by molar-refractivity contribution is -0.144. The van der Waals surface area contributed by atoms with Gasteiger partial charge in [0.15, 0.2) is 6.61 Å². The minimum absolute atomic E-state index is 0.202. The van der Waals surface area contributed by atoms with Crippen molar-refractivity contribution in [3.63, 3.8) is 0 Å². The van der Waals surface area contributed by atoms with Gasteiger partial charge in [-0.1, -0.05) is 42.5 Å². The van der Waals surface area contributed by atoms with E-state index in [1.54, 1.807) is 30.3 Å². The second kappa shape index (κ2) is 9.78. The minimum Gasteiger partial charge on any atom is -0.497 e. The number of hydrogen-bond acceptors (Lipinski definition) is 5. The zero-order valence-corrected chi connectivity index (χ0v) is 15.1. The maximum absolute atomic E-state index is 12.1. The predicted octanol–water partition coefficient (Wildman–Crippen LogP) is 3.02. The first-order valence-electron chi connectivity index (χ1n) is 8.30. The molecule has 0 aliphatic carbocycles. The number of esters is 1. The summed E-state index contributed by atoms with van der Waals surface area (Å²) in [6.45, 7) is 1.37. The fourth-order valence-electron chi connectivity index (χ4n) is 2.35. The average Bonchev–Trinajstić information content (AvgIpc) is 2.71. The first kappa shape index (κ1) is 19.7. The molecule has 1 N–H and O–H groups in total. The van der Waals surface area contributed by atoms with E-state index in [1.165, 1.54) is 13.2 Å². The molecule has 2 aromatic rings. The van der Waals surface area contributed by atoms with Crippen LogP contribution in [-0.2, 0) is 14.3 Å². The monoisotopic (exact) mass is 364 g/mol. The largest absolute Gasteiger partial charge is 0.497 e. The lowest BCUT2D eigenvalue weighted by atomic mass is 10.1. The molecule has 0 unspecified atom stereocenters. The van der Waals surface area contributed by atoms with E-state index in [-0.39, 0.29) is 11.6 Å². The normalized spacial score (nSPS) is 11.8. The van der Waals surface area contributed by atoms with E-state index in [0.717, 1.165) is 5.56 Å². The van der Waals surface area contributed by atoms with Crippen molar-refractivity contribution in [2.45, 2.75) is 13.0 Å². The third kappa shape index (κ3) is 6.01. The zero-order chi connectivity index (χ0) is 19.6. The van der Waals surface area contributed by atoms with Crippen molar-refractivity contribution >= 4 is 18.0 Å². The summed E-state index contributed by atoms with van der Waals surface area (Å²) in [7, 11) is 1.53. The van der Waals surface area contributed by atoms with Crippen molar-refractivity contribution in [3.8, 4) is 11.8 Å². The van der Waals surface area contributed by atoms with E-state index in [0.29, 0.717) is 11.3 Å². The maximum atomic E-state index is 12.1. The number of rotatable bonds is 7. The molecule has 2 aromatic carbocycles. The van der Waals surface area contributed by atoms with Crippen LogP contribution in [0.25, 0.3) is 6.08 Å². The summed E-state index contributed by atoms with van der Waals surface area (Å²) < 4.78 is 10.1. The molecule has 6 heteroatoms. The molecule has 0 spiro atoms. The Kier molecular flexibility index (Phi) is 7.15. The smallest absolute Gasteiger partial charge is 0.349 e. The van der Waals surface area contributed by atoms with Gasteiger partial charge in [-0.3, -0.25) is 4.79 Å². The zero-order valence-electron chi connectivity index (χ0n) is 15.1. The molecule has 0 radical (unpaired) electrons. The number of nitrogens with zero attached hydrogens (tertiary/aromatic N) is 1. The highest BCUT2D eigenvalue weighted by molar-refractivity contribution is 5.98. The Hall–Kier alpha value is -3.59. The van der Waals surface area contributed by atoms with Gasteiger partial charge in [-0.05, 0) is 36.3 Å². The van der Waals surface area contributed by atoms with Crippen LogP contribution in [0.5, 0.6) is 5.75 Å². The van der Waals surface area contributed by atoms with Crippen LogP contribution < -0.4 is 10.1 Å². The van der Waals surface area contributed by atoms with E-state index >= 15 is 0 Å². The van der Waals surface area contributed by atoms with Gasteiger partial charge in [-0.25, -0.2) is 4.79 Å². The van der Waals surface area contributed by atoms with Crippen molar-refractivity contribution in [3.05, 3.63) is 71.3 Å². The minimum atomic E-state index is -0.858. The van der Waals surface area contributed by atoms with Gasteiger partial charge in [-0.15, -0.1) is 0 Å². The molecular formula is C21H20N2O4. The van der Waals surface area contributed by atoms with Crippen molar-refractivity contribution < 1.29 is 19.1 Å². The van der Waals surface area contributed by atoms with E-state index in [9.17, 15) is 14.9 Å². The van der Waals surface area contributed by atoms with E-state index < -0.39 is 18.5 Å². The van der Waals surface area contributed by atoms with E-state index in [1.807, 2.05) is 37.3 Å². The summed E-state index contributed by atoms with van der Waals surface area (Å²) in [6.07, 6.45) is 1.38. The summed E-state index contributed by atoms with van der Waals surface area (Å²) in [5.41, 5.74) is 1.35. The van der Waals surface area contributed by atoms with Crippen LogP contribution in [0.4, 0.5) is 0 Å². The number of methoxy groups -OCH3 is 1.